The van der Waals surface area contributed by atoms with Crippen LogP contribution in [0.4, 0.5) is 11.4 Å². The molecule has 1 fully saturated rings. The number of anilines is 2. The highest BCUT2D eigenvalue weighted by Crippen LogP contribution is 2.31. The zero-order chi connectivity index (χ0) is 28.9. The van der Waals surface area contributed by atoms with Gasteiger partial charge in [-0.05, 0) is 67.8 Å². The van der Waals surface area contributed by atoms with E-state index in [0.717, 1.165) is 11.3 Å². The molecule has 40 heavy (non-hydrogen) atoms. The third-order valence-corrected chi connectivity index (χ3v) is 8.87. The van der Waals surface area contributed by atoms with Crippen LogP contribution in [0, 0.1) is 36.5 Å². The van der Waals surface area contributed by atoms with Crippen molar-refractivity contribution in [2.75, 3.05) is 42.9 Å². The minimum atomic E-state index is -3.85. The summed E-state index contributed by atoms with van der Waals surface area (Å²) in [6.07, 6.45) is -0.984. The van der Waals surface area contributed by atoms with E-state index in [4.69, 9.17) is 0 Å². The number of hydrogen-bond donors (Lipinski definition) is 3. The zero-order valence-corrected chi connectivity index (χ0v) is 23.7. The van der Waals surface area contributed by atoms with Gasteiger partial charge in [-0.3, -0.25) is 4.90 Å². The number of piperazine rings is 1. The van der Waals surface area contributed by atoms with E-state index in [1.165, 1.54) is 0 Å². The van der Waals surface area contributed by atoms with Gasteiger partial charge in [0.25, 0.3) is 0 Å². The molecule has 0 aliphatic carbocycles. The third-order valence-electron chi connectivity index (χ3n) is 7.27. The quantitative estimate of drug-likeness (QED) is 0.339. The maximum atomic E-state index is 13.3. The molecule has 3 aromatic carbocycles. The van der Waals surface area contributed by atoms with Crippen LogP contribution in [-0.2, 0) is 10.0 Å². The molecule has 0 amide bonds. The number of rotatable bonds is 9. The standard InChI is InChI=1S/C30H34N6O3S/c1-21-16-22(2)29(40(38,39)34-13-12-33-27-10-6-4-8-24(27)18-31)17-26(21)30(37)36-15-14-35(20-23(36)3)28-11-7-5-9-25(28)19-32/h4-11,16-17,23,30,33-34,37H,12-15,20H2,1-3H3/t23-,30?/m0/s1. The average molecular weight is 559 g/mol. The van der Waals surface area contributed by atoms with Gasteiger partial charge in [0.2, 0.25) is 10.0 Å². The maximum absolute atomic E-state index is 13.3. The number of nitrogens with one attached hydrogen (secondary N) is 2. The topological polar surface area (TPSA) is 132 Å². The van der Waals surface area contributed by atoms with Crippen molar-refractivity contribution in [2.24, 2.45) is 0 Å². The van der Waals surface area contributed by atoms with E-state index in [-0.39, 0.29) is 17.5 Å². The minimum absolute atomic E-state index is 0.0447. The molecule has 10 heteroatoms. The minimum Gasteiger partial charge on any atom is -0.383 e. The molecule has 9 nitrogen and oxygen atoms in total. The molecule has 0 spiro atoms. The summed E-state index contributed by atoms with van der Waals surface area (Å²) in [5.74, 6) is 0. The molecule has 1 heterocycles. The van der Waals surface area contributed by atoms with Crippen LogP contribution < -0.4 is 14.9 Å². The van der Waals surface area contributed by atoms with Crippen molar-refractivity contribution in [3.05, 3.63) is 88.5 Å². The van der Waals surface area contributed by atoms with Crippen molar-refractivity contribution >= 4 is 21.4 Å². The van der Waals surface area contributed by atoms with E-state index >= 15 is 0 Å². The Kier molecular flexibility index (Phi) is 9.08. The summed E-state index contributed by atoms with van der Waals surface area (Å²) < 4.78 is 29.1. The van der Waals surface area contributed by atoms with E-state index in [0.29, 0.717) is 54.1 Å². The molecular weight excluding hydrogens is 524 g/mol. The first-order valence-electron chi connectivity index (χ1n) is 13.2. The van der Waals surface area contributed by atoms with E-state index in [1.807, 2.05) is 43.0 Å². The fourth-order valence-corrected chi connectivity index (χ4v) is 6.48. The van der Waals surface area contributed by atoms with Gasteiger partial charge in [-0.25, -0.2) is 13.1 Å². The van der Waals surface area contributed by atoms with Crippen molar-refractivity contribution in [1.82, 2.24) is 9.62 Å². The molecule has 3 aromatic rings. The molecule has 0 saturated carbocycles. The lowest BCUT2D eigenvalue weighted by Gasteiger charge is -2.43. The fourth-order valence-electron chi connectivity index (χ4n) is 5.19. The monoisotopic (exact) mass is 558 g/mol. The largest absolute Gasteiger partial charge is 0.383 e. The van der Waals surface area contributed by atoms with Crippen molar-refractivity contribution in [2.45, 2.75) is 37.9 Å². The van der Waals surface area contributed by atoms with Crippen LogP contribution in [0.3, 0.4) is 0 Å². The molecule has 208 valence electrons. The van der Waals surface area contributed by atoms with Crippen LogP contribution in [0.2, 0.25) is 0 Å². The number of nitrogens with zero attached hydrogens (tertiary/aromatic N) is 4. The van der Waals surface area contributed by atoms with Crippen molar-refractivity contribution in [1.29, 1.82) is 10.5 Å². The summed E-state index contributed by atoms with van der Waals surface area (Å²) in [7, 11) is -3.85. The Balaban J connectivity index is 1.46. The van der Waals surface area contributed by atoms with Gasteiger partial charge in [0.15, 0.2) is 0 Å². The number of nitriles is 2. The Hall–Kier alpha value is -3.93. The van der Waals surface area contributed by atoms with E-state index < -0.39 is 16.3 Å². The average Bonchev–Trinajstić information content (AvgIpc) is 2.95. The summed E-state index contributed by atoms with van der Waals surface area (Å²) in [4.78, 5) is 4.24. The Morgan fingerprint density at radius 3 is 2.35 bits per heavy atom. The molecule has 1 unspecified atom stereocenters. The van der Waals surface area contributed by atoms with Crippen LogP contribution >= 0.6 is 0 Å². The molecule has 3 N–H and O–H groups in total. The summed E-state index contributed by atoms with van der Waals surface area (Å²) in [6.45, 7) is 7.85. The lowest BCUT2D eigenvalue weighted by molar-refractivity contribution is -0.0284. The number of hydrogen-bond acceptors (Lipinski definition) is 8. The van der Waals surface area contributed by atoms with Crippen molar-refractivity contribution in [3.63, 3.8) is 0 Å². The molecule has 2 atom stereocenters. The third kappa shape index (κ3) is 6.27. The molecular formula is C30H34N6O3S. The maximum Gasteiger partial charge on any atom is 0.240 e. The summed E-state index contributed by atoms with van der Waals surface area (Å²) in [5.41, 5.74) is 4.57. The van der Waals surface area contributed by atoms with Crippen molar-refractivity contribution in [3.8, 4) is 12.1 Å². The Morgan fingerprint density at radius 2 is 1.65 bits per heavy atom. The molecule has 1 saturated heterocycles. The van der Waals surface area contributed by atoms with Gasteiger partial charge < -0.3 is 15.3 Å². The number of aryl methyl sites for hydroxylation is 2. The summed E-state index contributed by atoms with van der Waals surface area (Å²) >= 11 is 0. The second-order valence-corrected chi connectivity index (χ2v) is 11.7. The second kappa shape index (κ2) is 12.5. The normalized spacial score (nSPS) is 16.6. The molecule has 4 rings (SSSR count). The lowest BCUT2D eigenvalue weighted by Crippen LogP contribution is -2.53. The van der Waals surface area contributed by atoms with Gasteiger partial charge in [0, 0.05) is 38.8 Å². The number of aliphatic hydroxyl groups is 1. The molecule has 0 bridgehead atoms. The van der Waals surface area contributed by atoms with Gasteiger partial charge >= 0.3 is 0 Å². The Morgan fingerprint density at radius 1 is 0.975 bits per heavy atom. The lowest BCUT2D eigenvalue weighted by atomic mass is 10.0. The Bertz CT molecular complexity index is 1560. The van der Waals surface area contributed by atoms with Crippen LogP contribution in [0.15, 0.2) is 65.6 Å². The smallest absolute Gasteiger partial charge is 0.240 e. The molecule has 1 aliphatic rings. The number of sulfonamides is 1. The SMILES string of the molecule is Cc1cc(C)c(S(=O)(=O)NCCNc2ccccc2C#N)cc1C(O)N1CCN(c2ccccc2C#N)C[C@@H]1C. The van der Waals surface area contributed by atoms with Gasteiger partial charge in [-0.15, -0.1) is 0 Å². The van der Waals surface area contributed by atoms with Gasteiger partial charge in [-0.1, -0.05) is 30.3 Å². The summed E-state index contributed by atoms with van der Waals surface area (Å²) in [5, 5.41) is 33.3. The van der Waals surface area contributed by atoms with Crippen LogP contribution in [0.1, 0.15) is 41.0 Å². The first-order valence-corrected chi connectivity index (χ1v) is 14.7. The number of para-hydroxylation sites is 2. The van der Waals surface area contributed by atoms with E-state index in [1.54, 1.807) is 43.3 Å². The highest BCUT2D eigenvalue weighted by Gasteiger charge is 2.31. The fraction of sp³-hybridized carbons (Fsp3) is 0.333. The first-order chi connectivity index (χ1) is 19.2. The molecule has 0 aromatic heterocycles. The van der Waals surface area contributed by atoms with Crippen molar-refractivity contribution < 1.29 is 13.5 Å². The number of aliphatic hydroxyl groups excluding tert-OH is 1. The predicted octanol–water partition coefficient (Wildman–Crippen LogP) is 3.64. The van der Waals surface area contributed by atoms with E-state index in [2.05, 4.69) is 27.1 Å². The molecule has 1 aliphatic heterocycles. The van der Waals surface area contributed by atoms with Gasteiger partial charge in [0.05, 0.1) is 27.4 Å². The number of benzene rings is 3. The van der Waals surface area contributed by atoms with Gasteiger partial charge in [-0.2, -0.15) is 10.5 Å². The first kappa shape index (κ1) is 29.1. The zero-order valence-electron chi connectivity index (χ0n) is 22.9. The summed E-state index contributed by atoms with van der Waals surface area (Å²) in [6, 6.07) is 22.2. The van der Waals surface area contributed by atoms with Crippen LogP contribution in [-0.4, -0.2) is 57.2 Å². The molecule has 0 radical (unpaired) electrons. The van der Waals surface area contributed by atoms with Gasteiger partial charge in [0.1, 0.15) is 18.4 Å². The van der Waals surface area contributed by atoms with E-state index in [9.17, 15) is 24.0 Å². The van der Waals surface area contributed by atoms with Crippen LogP contribution in [0.25, 0.3) is 0 Å². The highest BCUT2D eigenvalue weighted by molar-refractivity contribution is 7.89. The van der Waals surface area contributed by atoms with Crippen LogP contribution in [0.5, 0.6) is 0 Å². The highest BCUT2D eigenvalue weighted by atomic mass is 32.2. The Labute approximate surface area is 236 Å². The second-order valence-electron chi connectivity index (χ2n) is 9.99. The predicted molar refractivity (Wildman–Crippen MR) is 155 cm³/mol.